The molecular formula is C23H32N2O3. The van der Waals surface area contributed by atoms with Crippen LogP contribution in [0.1, 0.15) is 65.2 Å². The largest absolute Gasteiger partial charge is 0.351 e. The van der Waals surface area contributed by atoms with E-state index in [9.17, 15) is 14.4 Å². The summed E-state index contributed by atoms with van der Waals surface area (Å²) in [5.74, 6) is 1.47. The number of nitrogens with one attached hydrogen (secondary N) is 1. The van der Waals surface area contributed by atoms with Crippen LogP contribution in [0.2, 0.25) is 0 Å². The zero-order chi connectivity index (χ0) is 19.6. The second-order valence-electron chi connectivity index (χ2n) is 10.4. The Balaban J connectivity index is 1.28. The van der Waals surface area contributed by atoms with Crippen LogP contribution in [0, 0.1) is 35.0 Å². The van der Waals surface area contributed by atoms with Crippen LogP contribution in [0.4, 0.5) is 0 Å². The number of carbonyl (C=O) groups excluding carboxylic acids is 3. The number of hydrogen-bond acceptors (Lipinski definition) is 3. The molecule has 28 heavy (non-hydrogen) atoms. The van der Waals surface area contributed by atoms with Crippen molar-refractivity contribution in [3.8, 4) is 0 Å². The molecular weight excluding hydrogens is 352 g/mol. The average Bonchev–Trinajstić information content (AvgIpc) is 2.91. The summed E-state index contributed by atoms with van der Waals surface area (Å²) >= 11 is 0. The summed E-state index contributed by atoms with van der Waals surface area (Å²) in [6, 6.07) is -0.616. The second kappa shape index (κ2) is 6.43. The summed E-state index contributed by atoms with van der Waals surface area (Å²) in [6.07, 6.45) is 13.0. The Bertz CT molecular complexity index is 681. The van der Waals surface area contributed by atoms with E-state index >= 15 is 0 Å². The first-order valence-electron chi connectivity index (χ1n) is 11.2. The predicted octanol–water partition coefficient (Wildman–Crippen LogP) is 3.05. The topological polar surface area (TPSA) is 66.5 Å². The van der Waals surface area contributed by atoms with E-state index in [1.807, 2.05) is 12.2 Å². The number of rotatable bonds is 4. The quantitative estimate of drug-likeness (QED) is 0.598. The Morgan fingerprint density at radius 3 is 1.89 bits per heavy atom. The molecule has 152 valence electrons. The van der Waals surface area contributed by atoms with E-state index in [4.69, 9.17) is 0 Å². The van der Waals surface area contributed by atoms with Gasteiger partial charge in [0, 0.05) is 6.04 Å². The maximum Gasteiger partial charge on any atom is 0.243 e. The van der Waals surface area contributed by atoms with Crippen LogP contribution in [0.25, 0.3) is 0 Å². The van der Waals surface area contributed by atoms with Gasteiger partial charge in [-0.25, -0.2) is 0 Å². The van der Waals surface area contributed by atoms with Crippen molar-refractivity contribution < 1.29 is 14.4 Å². The van der Waals surface area contributed by atoms with Crippen LogP contribution in [-0.4, -0.2) is 34.7 Å². The molecule has 0 radical (unpaired) electrons. The molecule has 0 unspecified atom stereocenters. The number of amides is 3. The Morgan fingerprint density at radius 1 is 0.964 bits per heavy atom. The molecule has 5 fully saturated rings. The zero-order valence-corrected chi connectivity index (χ0v) is 17.0. The van der Waals surface area contributed by atoms with Crippen molar-refractivity contribution in [1.82, 2.24) is 10.2 Å². The molecule has 4 atom stereocenters. The summed E-state index contributed by atoms with van der Waals surface area (Å²) in [5.41, 5.74) is 0.223. The molecule has 4 saturated carbocycles. The van der Waals surface area contributed by atoms with E-state index in [1.165, 1.54) is 43.4 Å². The highest BCUT2D eigenvalue weighted by Gasteiger charge is 2.54. The number of allylic oxidation sites excluding steroid dienone is 2. The predicted molar refractivity (Wildman–Crippen MR) is 105 cm³/mol. The van der Waals surface area contributed by atoms with Crippen LogP contribution in [-0.2, 0) is 14.4 Å². The van der Waals surface area contributed by atoms with Gasteiger partial charge in [0.05, 0.1) is 11.8 Å². The fourth-order valence-corrected chi connectivity index (χ4v) is 7.52. The summed E-state index contributed by atoms with van der Waals surface area (Å²) < 4.78 is 0. The lowest BCUT2D eigenvalue weighted by Crippen LogP contribution is -2.58. The van der Waals surface area contributed by atoms with Gasteiger partial charge < -0.3 is 5.32 Å². The van der Waals surface area contributed by atoms with Gasteiger partial charge in [0.2, 0.25) is 17.7 Å². The minimum absolute atomic E-state index is 0.104. The van der Waals surface area contributed by atoms with Crippen LogP contribution in [0.15, 0.2) is 12.2 Å². The number of likely N-dealkylation sites (tertiary alicyclic amines) is 1. The number of fused-ring (bicyclic) bond motifs is 1. The highest BCUT2D eigenvalue weighted by molar-refractivity contribution is 6.08. The second-order valence-corrected chi connectivity index (χ2v) is 10.4. The Kier molecular flexibility index (Phi) is 4.22. The smallest absolute Gasteiger partial charge is 0.243 e. The number of imide groups is 1. The van der Waals surface area contributed by atoms with Crippen LogP contribution < -0.4 is 5.32 Å². The van der Waals surface area contributed by atoms with Crippen molar-refractivity contribution in [2.24, 2.45) is 35.0 Å². The van der Waals surface area contributed by atoms with Crippen molar-refractivity contribution in [2.75, 3.05) is 0 Å². The fraction of sp³-hybridized carbons (Fsp3) is 0.783. The Labute approximate surface area is 167 Å². The third kappa shape index (κ3) is 2.68. The first-order valence-corrected chi connectivity index (χ1v) is 11.2. The standard InChI is InChI=1S/C23H32N2O3/c1-13(25-21(27)18-5-3-4-6-19(18)22(25)28)20(26)24-14(2)23-10-15-7-16(11-23)9-17(8-15)12-23/h3-4,13-19H,5-12H2,1-2H3,(H,24,26)/t13-,14+,15?,16?,17?,18-,19-,23?/m0/s1. The molecule has 0 spiro atoms. The minimum Gasteiger partial charge on any atom is -0.351 e. The molecule has 1 heterocycles. The van der Waals surface area contributed by atoms with Gasteiger partial charge in [0.1, 0.15) is 6.04 Å². The van der Waals surface area contributed by atoms with E-state index in [2.05, 4.69) is 12.2 Å². The normalized spacial score (nSPS) is 43.2. The third-order valence-corrected chi connectivity index (χ3v) is 8.67. The van der Waals surface area contributed by atoms with Gasteiger partial charge in [0.25, 0.3) is 0 Å². The lowest BCUT2D eigenvalue weighted by Gasteiger charge is -2.59. The minimum atomic E-state index is -0.720. The monoisotopic (exact) mass is 384 g/mol. The summed E-state index contributed by atoms with van der Waals surface area (Å²) in [7, 11) is 0. The van der Waals surface area contributed by atoms with E-state index < -0.39 is 6.04 Å². The van der Waals surface area contributed by atoms with Gasteiger partial charge >= 0.3 is 0 Å². The molecule has 0 aromatic heterocycles. The lowest BCUT2D eigenvalue weighted by atomic mass is 9.48. The van der Waals surface area contributed by atoms with Crippen LogP contribution in [0.3, 0.4) is 0 Å². The van der Waals surface area contributed by atoms with E-state index in [0.29, 0.717) is 12.8 Å². The number of nitrogens with zero attached hydrogens (tertiary/aromatic N) is 1. The lowest BCUT2D eigenvalue weighted by molar-refractivity contribution is -0.148. The van der Waals surface area contributed by atoms with Gasteiger partial charge in [0.15, 0.2) is 0 Å². The molecule has 5 nitrogen and oxygen atoms in total. The molecule has 6 aliphatic rings. The fourth-order valence-electron chi connectivity index (χ4n) is 7.52. The molecule has 1 N–H and O–H groups in total. The van der Waals surface area contributed by atoms with Gasteiger partial charge in [-0.3, -0.25) is 19.3 Å². The van der Waals surface area contributed by atoms with Gasteiger partial charge in [-0.1, -0.05) is 12.2 Å². The van der Waals surface area contributed by atoms with Crippen LogP contribution >= 0.6 is 0 Å². The number of hydrogen-bond donors (Lipinski definition) is 1. The zero-order valence-electron chi connectivity index (χ0n) is 17.0. The molecule has 1 aliphatic heterocycles. The Hall–Kier alpha value is -1.65. The molecule has 1 saturated heterocycles. The van der Waals surface area contributed by atoms with Crippen molar-refractivity contribution >= 4 is 17.7 Å². The SMILES string of the molecule is C[C@@H](C(=O)N[C@H](C)C12CC3CC(CC(C3)C1)C2)N1C(=O)[C@H]2CC=CC[C@@H]2C1=O. The van der Waals surface area contributed by atoms with Crippen LogP contribution in [0.5, 0.6) is 0 Å². The van der Waals surface area contributed by atoms with E-state index in [-0.39, 0.29) is 41.0 Å². The molecule has 0 aromatic rings. The van der Waals surface area contributed by atoms with E-state index in [1.54, 1.807) is 6.92 Å². The van der Waals surface area contributed by atoms with Gasteiger partial charge in [-0.05, 0) is 88.4 Å². The Morgan fingerprint density at radius 2 is 1.43 bits per heavy atom. The highest BCUT2D eigenvalue weighted by atomic mass is 16.2. The van der Waals surface area contributed by atoms with Gasteiger partial charge in [-0.15, -0.1) is 0 Å². The molecule has 3 amide bonds. The molecule has 5 aliphatic carbocycles. The highest BCUT2D eigenvalue weighted by Crippen LogP contribution is 2.61. The summed E-state index contributed by atoms with van der Waals surface area (Å²) in [6.45, 7) is 3.86. The van der Waals surface area contributed by atoms with Crippen molar-refractivity contribution in [2.45, 2.75) is 77.3 Å². The molecule has 4 bridgehead atoms. The van der Waals surface area contributed by atoms with Crippen molar-refractivity contribution in [3.63, 3.8) is 0 Å². The average molecular weight is 385 g/mol. The molecule has 0 aromatic carbocycles. The van der Waals surface area contributed by atoms with Crippen molar-refractivity contribution in [3.05, 3.63) is 12.2 Å². The third-order valence-electron chi connectivity index (χ3n) is 8.67. The van der Waals surface area contributed by atoms with E-state index in [0.717, 1.165) is 17.8 Å². The maximum atomic E-state index is 13.1. The summed E-state index contributed by atoms with van der Waals surface area (Å²) in [5, 5.41) is 3.24. The molecule has 5 heteroatoms. The maximum absolute atomic E-state index is 13.1. The van der Waals surface area contributed by atoms with Gasteiger partial charge in [-0.2, -0.15) is 0 Å². The first kappa shape index (κ1) is 18.4. The van der Waals surface area contributed by atoms with Crippen molar-refractivity contribution in [1.29, 1.82) is 0 Å². The molecule has 6 rings (SSSR count). The summed E-state index contributed by atoms with van der Waals surface area (Å²) in [4.78, 5) is 39.9. The first-order chi connectivity index (χ1) is 13.4. The number of carbonyl (C=O) groups is 3.